The summed E-state index contributed by atoms with van der Waals surface area (Å²) in [7, 11) is 0. The summed E-state index contributed by atoms with van der Waals surface area (Å²) in [6, 6.07) is 5.68. The quantitative estimate of drug-likeness (QED) is 0.726. The highest BCUT2D eigenvalue weighted by Crippen LogP contribution is 2.34. The van der Waals surface area contributed by atoms with E-state index in [1.165, 1.54) is 0 Å². The first-order chi connectivity index (χ1) is 6.29. The van der Waals surface area contributed by atoms with E-state index in [0.29, 0.717) is 12.5 Å². The van der Waals surface area contributed by atoms with E-state index < -0.39 is 0 Å². The molecule has 2 nitrogen and oxygen atoms in total. The summed E-state index contributed by atoms with van der Waals surface area (Å²) >= 11 is 9.02. The molecule has 13 heavy (non-hydrogen) atoms. The fourth-order valence-corrected chi connectivity index (χ4v) is 1.66. The summed E-state index contributed by atoms with van der Waals surface area (Å²) in [6.45, 7) is 0.521. The number of rotatable bonds is 1. The van der Waals surface area contributed by atoms with Crippen LogP contribution in [0.25, 0.3) is 0 Å². The van der Waals surface area contributed by atoms with Gasteiger partial charge in [0.25, 0.3) is 0 Å². The molecule has 1 aromatic carbocycles. The van der Waals surface area contributed by atoms with Crippen LogP contribution in [0.15, 0.2) is 22.7 Å². The van der Waals surface area contributed by atoms with Gasteiger partial charge in [-0.3, -0.25) is 0 Å². The number of ether oxygens (including phenoxy) is 2. The van der Waals surface area contributed by atoms with Crippen molar-refractivity contribution in [2.24, 2.45) is 0 Å². The van der Waals surface area contributed by atoms with Crippen molar-refractivity contribution in [2.75, 3.05) is 12.5 Å². The van der Waals surface area contributed by atoms with E-state index in [1.54, 1.807) is 0 Å². The van der Waals surface area contributed by atoms with Crippen molar-refractivity contribution in [3.8, 4) is 11.5 Å². The van der Waals surface area contributed by atoms with Crippen LogP contribution in [-0.4, -0.2) is 18.6 Å². The molecule has 0 radical (unpaired) electrons. The number of hydrogen-bond acceptors (Lipinski definition) is 2. The van der Waals surface area contributed by atoms with E-state index in [1.807, 2.05) is 18.2 Å². The summed E-state index contributed by atoms with van der Waals surface area (Å²) in [5, 5.41) is 0. The number of alkyl halides is 1. The maximum absolute atomic E-state index is 5.66. The minimum atomic E-state index is -0.0321. The lowest BCUT2D eigenvalue weighted by molar-refractivity contribution is 0.106. The largest absolute Gasteiger partial charge is 0.486 e. The van der Waals surface area contributed by atoms with Gasteiger partial charge < -0.3 is 9.47 Å². The third kappa shape index (κ3) is 1.92. The Kier molecular flexibility index (Phi) is 2.65. The van der Waals surface area contributed by atoms with Gasteiger partial charge in [-0.25, -0.2) is 0 Å². The molecule has 0 saturated carbocycles. The molecule has 1 heterocycles. The highest BCUT2D eigenvalue weighted by atomic mass is 79.9. The molecule has 0 aromatic heterocycles. The molecule has 1 aliphatic rings. The Morgan fingerprint density at radius 3 is 3.08 bits per heavy atom. The van der Waals surface area contributed by atoms with Crippen LogP contribution in [-0.2, 0) is 0 Å². The number of halogens is 2. The first-order valence-electron chi connectivity index (χ1n) is 3.94. The second-order valence-electron chi connectivity index (χ2n) is 2.80. The van der Waals surface area contributed by atoms with Crippen LogP contribution in [0, 0.1) is 0 Å². The summed E-state index contributed by atoms with van der Waals surface area (Å²) in [4.78, 5) is 0. The van der Waals surface area contributed by atoms with Crippen molar-refractivity contribution in [2.45, 2.75) is 6.10 Å². The highest BCUT2D eigenvalue weighted by Gasteiger charge is 2.19. The van der Waals surface area contributed by atoms with Gasteiger partial charge in [-0.05, 0) is 18.2 Å². The van der Waals surface area contributed by atoms with Gasteiger partial charge in [-0.2, -0.15) is 0 Å². The minimum absolute atomic E-state index is 0.0321. The molecular formula is C9H8BrClO2. The Balaban J connectivity index is 2.26. The molecule has 0 fully saturated rings. The van der Waals surface area contributed by atoms with Crippen molar-refractivity contribution in [3.05, 3.63) is 22.7 Å². The molecule has 0 bridgehead atoms. The van der Waals surface area contributed by atoms with E-state index in [4.69, 9.17) is 21.1 Å². The third-order valence-corrected chi connectivity index (χ3v) is 2.63. The molecular weight excluding hydrogens is 255 g/mol. The maximum atomic E-state index is 5.66. The van der Waals surface area contributed by atoms with Gasteiger partial charge in [-0.1, -0.05) is 15.9 Å². The van der Waals surface area contributed by atoms with Crippen molar-refractivity contribution in [1.29, 1.82) is 0 Å². The second-order valence-corrected chi connectivity index (χ2v) is 4.02. The Labute approximate surface area is 89.9 Å². The zero-order valence-corrected chi connectivity index (χ0v) is 9.14. The van der Waals surface area contributed by atoms with E-state index in [-0.39, 0.29) is 6.10 Å². The van der Waals surface area contributed by atoms with E-state index in [0.717, 1.165) is 16.0 Å². The van der Waals surface area contributed by atoms with Gasteiger partial charge >= 0.3 is 0 Å². The standard InChI is InChI=1S/C9H8BrClO2/c10-6-1-2-8-9(3-6)12-5-7(4-11)13-8/h1-3,7H,4-5H2. The SMILES string of the molecule is ClCC1COc2cc(Br)ccc2O1. The molecule has 0 amide bonds. The molecule has 1 aromatic rings. The topological polar surface area (TPSA) is 18.5 Å². The molecule has 1 atom stereocenters. The van der Waals surface area contributed by atoms with Crippen LogP contribution in [0.1, 0.15) is 0 Å². The van der Waals surface area contributed by atoms with E-state index in [2.05, 4.69) is 15.9 Å². The Morgan fingerprint density at radius 2 is 2.31 bits per heavy atom. The lowest BCUT2D eigenvalue weighted by atomic mass is 10.3. The van der Waals surface area contributed by atoms with Crippen LogP contribution in [0.4, 0.5) is 0 Å². The molecule has 0 aliphatic carbocycles. The van der Waals surface area contributed by atoms with Crippen molar-refractivity contribution < 1.29 is 9.47 Å². The number of fused-ring (bicyclic) bond motifs is 1. The smallest absolute Gasteiger partial charge is 0.162 e. The first kappa shape index (κ1) is 9.16. The lowest BCUT2D eigenvalue weighted by Crippen LogP contribution is -2.30. The molecule has 4 heteroatoms. The van der Waals surface area contributed by atoms with Crippen molar-refractivity contribution in [1.82, 2.24) is 0 Å². The molecule has 2 rings (SSSR count). The summed E-state index contributed by atoms with van der Waals surface area (Å²) in [5.41, 5.74) is 0. The third-order valence-electron chi connectivity index (χ3n) is 1.80. The van der Waals surface area contributed by atoms with Gasteiger partial charge in [0.05, 0.1) is 5.88 Å². The molecule has 1 aliphatic heterocycles. The Hall–Kier alpha value is -0.410. The van der Waals surface area contributed by atoms with Crippen molar-refractivity contribution in [3.63, 3.8) is 0 Å². The van der Waals surface area contributed by atoms with Gasteiger partial charge in [0.1, 0.15) is 12.7 Å². The second kappa shape index (κ2) is 3.76. The first-order valence-corrected chi connectivity index (χ1v) is 5.27. The molecule has 70 valence electrons. The zero-order valence-electron chi connectivity index (χ0n) is 6.80. The van der Waals surface area contributed by atoms with Gasteiger partial charge in [0.2, 0.25) is 0 Å². The predicted molar refractivity (Wildman–Crippen MR) is 54.8 cm³/mol. The average Bonchev–Trinajstić information content (AvgIpc) is 2.17. The fourth-order valence-electron chi connectivity index (χ4n) is 1.16. The lowest BCUT2D eigenvalue weighted by Gasteiger charge is -2.24. The fraction of sp³-hybridized carbons (Fsp3) is 0.333. The number of benzene rings is 1. The van der Waals surface area contributed by atoms with Crippen LogP contribution in [0.3, 0.4) is 0 Å². The average molecular weight is 264 g/mol. The molecule has 1 unspecified atom stereocenters. The molecule has 0 saturated heterocycles. The monoisotopic (exact) mass is 262 g/mol. The van der Waals surface area contributed by atoms with Gasteiger partial charge in [0, 0.05) is 4.47 Å². The van der Waals surface area contributed by atoms with Crippen molar-refractivity contribution >= 4 is 27.5 Å². The molecule has 0 N–H and O–H groups in total. The number of hydrogen-bond donors (Lipinski definition) is 0. The predicted octanol–water partition coefficient (Wildman–Crippen LogP) is 2.83. The Morgan fingerprint density at radius 1 is 1.46 bits per heavy atom. The van der Waals surface area contributed by atoms with E-state index in [9.17, 15) is 0 Å². The van der Waals surface area contributed by atoms with Crippen LogP contribution in [0.5, 0.6) is 11.5 Å². The highest BCUT2D eigenvalue weighted by molar-refractivity contribution is 9.10. The van der Waals surface area contributed by atoms with Gasteiger partial charge in [0.15, 0.2) is 11.5 Å². The minimum Gasteiger partial charge on any atom is -0.486 e. The van der Waals surface area contributed by atoms with Crippen LogP contribution in [0.2, 0.25) is 0 Å². The van der Waals surface area contributed by atoms with Crippen LogP contribution >= 0.6 is 27.5 Å². The normalized spacial score (nSPS) is 20.0. The zero-order chi connectivity index (χ0) is 9.26. The summed E-state index contributed by atoms with van der Waals surface area (Å²) < 4.78 is 12.0. The summed E-state index contributed by atoms with van der Waals surface area (Å²) in [5.74, 6) is 1.99. The van der Waals surface area contributed by atoms with Gasteiger partial charge in [-0.15, -0.1) is 11.6 Å². The summed E-state index contributed by atoms with van der Waals surface area (Å²) in [6.07, 6.45) is -0.0321. The maximum Gasteiger partial charge on any atom is 0.162 e. The Bertz CT molecular complexity index is 316. The van der Waals surface area contributed by atoms with E-state index >= 15 is 0 Å². The molecule has 0 spiro atoms. The van der Waals surface area contributed by atoms with Crippen LogP contribution < -0.4 is 9.47 Å².